The Morgan fingerprint density at radius 1 is 1.36 bits per heavy atom. The van der Waals surface area contributed by atoms with E-state index in [2.05, 4.69) is 20.8 Å². The molecule has 0 bridgehead atoms. The van der Waals surface area contributed by atoms with Gasteiger partial charge in [-0.25, -0.2) is 22.2 Å². The number of aryl methyl sites for hydroxylation is 1. The third kappa shape index (κ3) is 5.15. The third-order valence-corrected chi connectivity index (χ3v) is 11.3. The summed E-state index contributed by atoms with van der Waals surface area (Å²) in [4.78, 5) is 26.6. The number of hydrogen-bond donors (Lipinski definition) is 3. The van der Waals surface area contributed by atoms with Crippen LogP contribution in [0.4, 0.5) is 0 Å². The minimum atomic E-state index is -3.36. The van der Waals surface area contributed by atoms with Crippen LogP contribution in [0.15, 0.2) is 15.8 Å². The molecule has 16 heteroatoms. The lowest BCUT2D eigenvalue weighted by atomic mass is 9.79. The van der Waals surface area contributed by atoms with Gasteiger partial charge in [0.25, 0.3) is 0 Å². The van der Waals surface area contributed by atoms with E-state index in [1.807, 2.05) is 6.92 Å². The molecular formula is C20H31N7O6S3. The molecule has 1 aromatic heterocycles. The number of carbonyl (C=O) groups excluding carboxylic acids is 1. The molecule has 2 fully saturated rings. The van der Waals surface area contributed by atoms with Crippen molar-refractivity contribution in [1.29, 1.82) is 0 Å². The number of tetrazole rings is 1. The molecule has 1 aromatic rings. The van der Waals surface area contributed by atoms with Crippen molar-refractivity contribution < 1.29 is 28.2 Å². The highest BCUT2D eigenvalue weighted by Crippen LogP contribution is 2.51. The second-order valence-electron chi connectivity index (χ2n) is 9.45. The molecule has 3 N–H and O–H groups in total. The van der Waals surface area contributed by atoms with Gasteiger partial charge in [-0.15, -0.1) is 16.9 Å². The zero-order chi connectivity index (χ0) is 26.4. The number of amides is 1. The highest BCUT2D eigenvalue weighted by Gasteiger charge is 2.60. The van der Waals surface area contributed by atoms with Crippen molar-refractivity contribution >= 4 is 45.4 Å². The van der Waals surface area contributed by atoms with E-state index >= 15 is 0 Å². The number of aliphatic hydroxyl groups excluding tert-OH is 1. The molecule has 4 rings (SSSR count). The molecule has 2 saturated heterocycles. The summed E-state index contributed by atoms with van der Waals surface area (Å²) < 4.78 is 26.7. The lowest BCUT2D eigenvalue weighted by molar-refractivity contribution is -0.163. The topological polar surface area (TPSA) is 171 Å². The van der Waals surface area contributed by atoms with Crippen molar-refractivity contribution in [2.45, 2.75) is 55.4 Å². The van der Waals surface area contributed by atoms with Gasteiger partial charge in [-0.05, 0) is 23.8 Å². The molecule has 0 radical (unpaired) electrons. The first kappa shape index (κ1) is 27.3. The summed E-state index contributed by atoms with van der Waals surface area (Å²) in [6.07, 6.45) is -0.0369. The molecule has 0 saturated carbocycles. The maximum atomic E-state index is 12.5. The molecule has 13 nitrogen and oxygen atoms in total. The summed E-state index contributed by atoms with van der Waals surface area (Å²) >= 11 is 2.94. The predicted octanol–water partition coefficient (Wildman–Crippen LogP) is -0.726. The molecular weight excluding hydrogens is 530 g/mol. The summed E-state index contributed by atoms with van der Waals surface area (Å²) in [6.45, 7) is 4.33. The number of rotatable bonds is 11. The summed E-state index contributed by atoms with van der Waals surface area (Å²) in [7, 11) is -0.394. The van der Waals surface area contributed by atoms with E-state index in [-0.39, 0.29) is 47.2 Å². The Labute approximate surface area is 218 Å². The highest BCUT2D eigenvalue weighted by atomic mass is 32.2. The highest BCUT2D eigenvalue weighted by molar-refractivity contribution is 8.03. The van der Waals surface area contributed by atoms with Gasteiger partial charge in [-0.1, -0.05) is 18.7 Å². The maximum Gasteiger partial charge on any atom is 0.353 e. The summed E-state index contributed by atoms with van der Waals surface area (Å²) in [5.41, 5.74) is 0.0454. The number of hydrogen-bond acceptors (Lipinski definition) is 11. The number of fused-ring (bicyclic) bond motifs is 1. The van der Waals surface area contributed by atoms with Crippen LogP contribution in [0.3, 0.4) is 0 Å². The number of thioether (sulfide) groups is 2. The van der Waals surface area contributed by atoms with Gasteiger partial charge in [0, 0.05) is 48.5 Å². The van der Waals surface area contributed by atoms with Crippen LogP contribution in [0, 0.1) is 11.8 Å². The van der Waals surface area contributed by atoms with Crippen LogP contribution in [0.25, 0.3) is 0 Å². The molecule has 1 amide bonds. The van der Waals surface area contributed by atoms with Gasteiger partial charge in [0.15, 0.2) is 0 Å². The van der Waals surface area contributed by atoms with Crippen LogP contribution >= 0.6 is 23.5 Å². The van der Waals surface area contributed by atoms with E-state index in [1.54, 1.807) is 6.92 Å². The summed E-state index contributed by atoms with van der Waals surface area (Å²) in [5.74, 6) is -1.62. The molecule has 6 atom stereocenters. The molecule has 36 heavy (non-hydrogen) atoms. The van der Waals surface area contributed by atoms with Gasteiger partial charge >= 0.3 is 5.97 Å². The smallest absolute Gasteiger partial charge is 0.353 e. The lowest BCUT2D eigenvalue weighted by Crippen LogP contribution is -2.63. The largest absolute Gasteiger partial charge is 0.477 e. The van der Waals surface area contributed by atoms with Crippen LogP contribution < -0.4 is 5.32 Å². The van der Waals surface area contributed by atoms with Crippen LogP contribution in [0.2, 0.25) is 0 Å². The molecule has 4 heterocycles. The van der Waals surface area contributed by atoms with Gasteiger partial charge in [-0.3, -0.25) is 4.79 Å². The molecule has 200 valence electrons. The van der Waals surface area contributed by atoms with Crippen molar-refractivity contribution in [2.75, 3.05) is 32.1 Å². The number of nitrogens with zero attached hydrogens (tertiary/aromatic N) is 6. The maximum absolute atomic E-state index is 12.5. The first-order chi connectivity index (χ1) is 16.9. The first-order valence-corrected chi connectivity index (χ1v) is 15.1. The zero-order valence-electron chi connectivity index (χ0n) is 20.4. The number of sulfonamides is 1. The monoisotopic (exact) mass is 561 g/mol. The van der Waals surface area contributed by atoms with Gasteiger partial charge in [0.05, 0.1) is 30.4 Å². The van der Waals surface area contributed by atoms with Crippen molar-refractivity contribution in [3.8, 4) is 0 Å². The van der Waals surface area contributed by atoms with Crippen molar-refractivity contribution in [2.24, 2.45) is 11.8 Å². The first-order valence-electron chi connectivity index (χ1n) is 11.6. The van der Waals surface area contributed by atoms with Gasteiger partial charge in [0.1, 0.15) is 5.70 Å². The lowest BCUT2D eigenvalue weighted by Gasteiger charge is -2.46. The number of β-lactam (4-membered cyclic amide) rings is 1. The van der Waals surface area contributed by atoms with Crippen molar-refractivity contribution in [1.82, 2.24) is 34.7 Å². The van der Waals surface area contributed by atoms with Crippen LogP contribution in [0.5, 0.6) is 0 Å². The Kier molecular flexibility index (Phi) is 8.02. The molecule has 0 aromatic carbocycles. The van der Waals surface area contributed by atoms with E-state index in [1.165, 1.54) is 51.5 Å². The number of carboxylic acid groups (broad SMARTS) is 1. The van der Waals surface area contributed by atoms with Crippen LogP contribution in [-0.2, 0) is 26.2 Å². The number of carboxylic acids is 1. The molecule has 3 aliphatic heterocycles. The third-order valence-electron chi connectivity index (χ3n) is 6.82. The quantitative estimate of drug-likeness (QED) is 0.229. The fraction of sp³-hybridized carbons (Fsp3) is 0.750. The van der Waals surface area contributed by atoms with Crippen LogP contribution in [0.1, 0.15) is 20.3 Å². The van der Waals surface area contributed by atoms with Crippen LogP contribution in [-0.4, -0.2) is 116 Å². The Hall–Kier alpha value is -1.72. The van der Waals surface area contributed by atoms with E-state index in [0.29, 0.717) is 22.4 Å². The number of nitrogens with one attached hydrogen (secondary N) is 1. The van der Waals surface area contributed by atoms with Gasteiger partial charge in [0.2, 0.25) is 21.1 Å². The minimum Gasteiger partial charge on any atom is -0.477 e. The second-order valence-corrected chi connectivity index (χ2v) is 14.1. The minimum absolute atomic E-state index is 0.0454. The van der Waals surface area contributed by atoms with E-state index in [4.69, 9.17) is 0 Å². The number of carbonyl (C=O) groups is 2. The fourth-order valence-electron chi connectivity index (χ4n) is 4.86. The van der Waals surface area contributed by atoms with Gasteiger partial charge < -0.3 is 20.4 Å². The number of aliphatic carboxylic acids is 1. The Morgan fingerprint density at radius 2 is 2.08 bits per heavy atom. The Bertz CT molecular complexity index is 1150. The Balaban J connectivity index is 1.34. The molecule has 0 unspecified atom stereocenters. The molecule has 3 aliphatic rings. The standard InChI is InChI=1S/C20H31N7O6S3/c1-10-15-14(11(2)28)18(29)27(15)16(19(30)31)17(10)35-13-7-12(21-8-13)9-34-20-22-23-24-26(20)5-6-36(32,33)25(3)4/h10-15,21,28H,5-9H2,1-4H3,(H,30,31)/t10-,11-,12+,13+,14-,15-/m1/s1. The Morgan fingerprint density at radius 3 is 2.72 bits per heavy atom. The number of aromatic nitrogens is 4. The summed E-state index contributed by atoms with van der Waals surface area (Å²) in [5, 5.41) is 35.5. The van der Waals surface area contributed by atoms with E-state index in [9.17, 15) is 28.2 Å². The van der Waals surface area contributed by atoms with Crippen molar-refractivity contribution in [3.63, 3.8) is 0 Å². The van der Waals surface area contributed by atoms with Crippen molar-refractivity contribution in [3.05, 3.63) is 10.6 Å². The number of aliphatic hydroxyl groups is 1. The van der Waals surface area contributed by atoms with E-state index in [0.717, 1.165) is 6.42 Å². The predicted molar refractivity (Wildman–Crippen MR) is 133 cm³/mol. The fourth-order valence-corrected chi connectivity index (χ4v) is 8.12. The SMILES string of the molecule is C[C@@H](O)[C@H]1C(=O)N2C(C(=O)O)=C(S[C@@H]3CN[C@H](CSc4nnnn4CCS(=O)(=O)N(C)C)C3)[C@H](C)[C@H]12. The zero-order valence-corrected chi connectivity index (χ0v) is 22.9. The van der Waals surface area contributed by atoms with Gasteiger partial charge in [-0.2, -0.15) is 0 Å². The molecule has 0 aliphatic carbocycles. The molecule has 0 spiro atoms. The average molecular weight is 562 g/mol. The summed E-state index contributed by atoms with van der Waals surface area (Å²) in [6, 6.07) is -0.181. The average Bonchev–Trinajstić information content (AvgIpc) is 3.49. The normalized spacial score (nSPS) is 29.1. The van der Waals surface area contributed by atoms with E-state index < -0.39 is 28.0 Å². The second kappa shape index (κ2) is 10.6.